The van der Waals surface area contributed by atoms with Crippen LogP contribution in [0.2, 0.25) is 0 Å². The molecule has 1 aromatic carbocycles. The predicted octanol–water partition coefficient (Wildman–Crippen LogP) is 2.77. The molecule has 1 aromatic rings. The highest BCUT2D eigenvalue weighted by Gasteiger charge is 2.66. The first-order chi connectivity index (χ1) is 17.4. The van der Waals surface area contributed by atoms with Gasteiger partial charge >= 0.3 is 0 Å². The van der Waals surface area contributed by atoms with Crippen LogP contribution in [0.3, 0.4) is 0 Å². The van der Waals surface area contributed by atoms with Crippen LogP contribution in [-0.4, -0.2) is 73.5 Å². The molecular weight excluding hydrogens is 494 g/mol. The molecule has 0 unspecified atom stereocenters. The summed E-state index contributed by atoms with van der Waals surface area (Å²) in [6.07, 6.45) is 7.51. The topological polar surface area (TPSA) is 113 Å². The summed E-state index contributed by atoms with van der Waals surface area (Å²) in [5.74, 6) is 1.99. The largest absolute Gasteiger partial charge is 0.493 e. The Kier molecular flexibility index (Phi) is 5.50. The molecule has 0 amide bonds. The van der Waals surface area contributed by atoms with Crippen molar-refractivity contribution in [3.8, 4) is 11.5 Å². The number of likely N-dealkylation sites (tertiary alicyclic amines) is 1. The van der Waals surface area contributed by atoms with Crippen molar-refractivity contribution in [1.29, 1.82) is 0 Å². The van der Waals surface area contributed by atoms with Gasteiger partial charge in [-0.05, 0) is 62.2 Å². The fourth-order valence-electron chi connectivity index (χ4n) is 8.81. The Morgan fingerprint density at radius 1 is 1.19 bits per heavy atom. The van der Waals surface area contributed by atoms with Gasteiger partial charge in [0.25, 0.3) is 10.1 Å². The van der Waals surface area contributed by atoms with Crippen molar-refractivity contribution in [1.82, 2.24) is 4.90 Å². The van der Waals surface area contributed by atoms with Gasteiger partial charge < -0.3 is 19.5 Å². The molecule has 7 atom stereocenters. The Balaban J connectivity index is 0.000000148. The van der Waals surface area contributed by atoms with E-state index in [0.717, 1.165) is 37.3 Å². The van der Waals surface area contributed by atoms with E-state index in [4.69, 9.17) is 14.0 Å². The highest BCUT2D eigenvalue weighted by Crippen LogP contribution is 2.64. The van der Waals surface area contributed by atoms with E-state index in [-0.39, 0.29) is 28.6 Å². The number of carbonyl (C=O) groups excluding carboxylic acids is 1. The van der Waals surface area contributed by atoms with E-state index in [9.17, 15) is 18.3 Å². The quantitative estimate of drug-likeness (QED) is 0.452. The average Bonchev–Trinajstić information content (AvgIpc) is 3.36. The number of hydrogen-bond donors (Lipinski definition) is 2. The number of Topliss-reactive ketones (excluding diaryl/α,β-unsaturated/α-hetero) is 1. The SMILES string of the molecule is CC1(C)[C@@H]2CC[C@@]1(CS(=O)(=O)O)C(=O)C2.COc1ccc2c3c1O[C@H]1[C@@H](O)C=C[C@H]4[C@@H](C2)N(C)CC[C@@]341. The molecule has 202 valence electrons. The van der Waals surface area contributed by atoms with Gasteiger partial charge in [-0.3, -0.25) is 9.35 Å². The first-order valence-corrected chi connectivity index (χ1v) is 14.9. The third-order valence-electron chi connectivity index (χ3n) is 10.9. The zero-order valence-electron chi connectivity index (χ0n) is 21.9. The highest BCUT2D eigenvalue weighted by atomic mass is 32.2. The molecule has 2 N–H and O–H groups in total. The first-order valence-electron chi connectivity index (χ1n) is 13.3. The van der Waals surface area contributed by atoms with Crippen LogP contribution in [0.4, 0.5) is 0 Å². The first kappa shape index (κ1) is 25.3. The standard InChI is InChI=1S/C18H21NO3.C10H16O4S/c1-19-8-7-18-11-4-5-13(20)17(18)22-16-14(21-2)6-3-10(15(16)18)9-12(11)19;1-9(2)7-3-4-10(9,8(11)5-7)6-15(12,13)14/h3-6,11-13,17,20H,7-9H2,1-2H3;7H,3-6H2,1-2H3,(H,12,13,14)/t11-,12+,13-,17-,18-;7-,10-/m01/s1. The number of carbonyl (C=O) groups is 1. The summed E-state index contributed by atoms with van der Waals surface area (Å²) in [6.45, 7) is 4.94. The number of aliphatic hydroxyl groups is 1. The van der Waals surface area contributed by atoms with Gasteiger partial charge in [-0.1, -0.05) is 32.1 Å². The number of ether oxygens (including phenoxy) is 2. The van der Waals surface area contributed by atoms with Gasteiger partial charge in [0.05, 0.1) is 18.3 Å². The predicted molar refractivity (Wildman–Crippen MR) is 137 cm³/mol. The highest BCUT2D eigenvalue weighted by molar-refractivity contribution is 7.85. The van der Waals surface area contributed by atoms with Crippen molar-refractivity contribution >= 4 is 15.9 Å². The second-order valence-corrected chi connectivity index (χ2v) is 14.0. The smallest absolute Gasteiger partial charge is 0.265 e. The molecule has 8 nitrogen and oxygen atoms in total. The molecule has 3 fully saturated rings. The van der Waals surface area contributed by atoms with E-state index in [1.807, 2.05) is 26.0 Å². The van der Waals surface area contributed by atoms with E-state index >= 15 is 0 Å². The second kappa shape index (κ2) is 8.04. The molecule has 4 bridgehead atoms. The molecule has 6 aliphatic rings. The zero-order valence-corrected chi connectivity index (χ0v) is 22.8. The maximum Gasteiger partial charge on any atom is 0.265 e. The summed E-state index contributed by atoms with van der Waals surface area (Å²) in [7, 11) is -0.169. The molecule has 9 heteroatoms. The summed E-state index contributed by atoms with van der Waals surface area (Å²) >= 11 is 0. The third-order valence-corrected chi connectivity index (χ3v) is 11.8. The van der Waals surface area contributed by atoms with Crippen LogP contribution in [0.5, 0.6) is 11.5 Å². The number of likely N-dealkylation sites (N-methyl/N-ethyl adjacent to an activating group) is 1. The van der Waals surface area contributed by atoms with Gasteiger partial charge in [-0.15, -0.1) is 0 Å². The van der Waals surface area contributed by atoms with Gasteiger partial charge in [0.1, 0.15) is 18.0 Å². The lowest BCUT2D eigenvalue weighted by atomic mass is 9.53. The number of benzene rings is 1. The van der Waals surface area contributed by atoms with Crippen molar-refractivity contribution in [2.45, 2.75) is 69.6 Å². The van der Waals surface area contributed by atoms with Crippen molar-refractivity contribution in [3.05, 3.63) is 35.4 Å². The van der Waals surface area contributed by atoms with E-state index in [0.29, 0.717) is 24.8 Å². The number of ketones is 1. The molecule has 1 saturated heterocycles. The lowest BCUT2D eigenvalue weighted by Gasteiger charge is -2.56. The van der Waals surface area contributed by atoms with E-state index in [1.54, 1.807) is 7.11 Å². The summed E-state index contributed by atoms with van der Waals surface area (Å²) in [5.41, 5.74) is 1.48. The molecular formula is C28H37NO7S. The number of aliphatic hydroxyl groups excluding tert-OH is 1. The summed E-state index contributed by atoms with van der Waals surface area (Å²) in [4.78, 5) is 14.3. The Bertz CT molecular complexity index is 1290. The normalized spacial score (nSPS) is 40.1. The molecule has 2 heterocycles. The minimum absolute atomic E-state index is 0.0152. The molecule has 2 saturated carbocycles. The minimum atomic E-state index is -4.08. The van der Waals surface area contributed by atoms with Gasteiger partial charge in [-0.25, -0.2) is 0 Å². The Hall–Kier alpha value is -1.94. The van der Waals surface area contributed by atoms with Crippen molar-refractivity contribution < 1.29 is 32.3 Å². The fourth-order valence-corrected chi connectivity index (χ4v) is 10.1. The van der Waals surface area contributed by atoms with Crippen molar-refractivity contribution in [2.75, 3.05) is 26.5 Å². The molecule has 2 aliphatic heterocycles. The Morgan fingerprint density at radius 3 is 2.57 bits per heavy atom. The Morgan fingerprint density at radius 2 is 1.95 bits per heavy atom. The van der Waals surface area contributed by atoms with Gasteiger partial charge in [0.15, 0.2) is 11.5 Å². The lowest BCUT2D eigenvalue weighted by molar-refractivity contribution is -0.128. The van der Waals surface area contributed by atoms with Crippen LogP contribution in [0.15, 0.2) is 24.3 Å². The molecule has 1 spiro atoms. The fraction of sp³-hybridized carbons (Fsp3) is 0.679. The number of hydrogen-bond acceptors (Lipinski definition) is 7. The van der Waals surface area contributed by atoms with Crippen LogP contribution in [0, 0.1) is 22.7 Å². The Labute approximate surface area is 218 Å². The van der Waals surface area contributed by atoms with Gasteiger partial charge in [0, 0.05) is 29.4 Å². The number of rotatable bonds is 3. The van der Waals surface area contributed by atoms with Gasteiger partial charge in [0.2, 0.25) is 0 Å². The zero-order chi connectivity index (χ0) is 26.5. The van der Waals surface area contributed by atoms with E-state index in [1.165, 1.54) is 11.1 Å². The monoisotopic (exact) mass is 531 g/mol. The number of piperidine rings is 1. The van der Waals surface area contributed by atoms with E-state index < -0.39 is 27.4 Å². The number of nitrogens with zero attached hydrogens (tertiary/aromatic N) is 1. The average molecular weight is 532 g/mol. The minimum Gasteiger partial charge on any atom is -0.493 e. The lowest BCUT2D eigenvalue weighted by Crippen LogP contribution is -2.64. The van der Waals surface area contributed by atoms with Gasteiger partial charge in [-0.2, -0.15) is 8.42 Å². The summed E-state index contributed by atoms with van der Waals surface area (Å²) in [6, 6.07) is 4.70. The second-order valence-electron chi connectivity index (χ2n) is 12.5. The van der Waals surface area contributed by atoms with Crippen molar-refractivity contribution in [2.24, 2.45) is 22.7 Å². The number of methoxy groups -OCH3 is 1. The van der Waals surface area contributed by atoms with Crippen LogP contribution < -0.4 is 9.47 Å². The van der Waals surface area contributed by atoms with Crippen LogP contribution in [0.1, 0.15) is 50.7 Å². The molecule has 0 aromatic heterocycles. The maximum absolute atomic E-state index is 11.9. The summed E-state index contributed by atoms with van der Waals surface area (Å²) < 4.78 is 42.8. The van der Waals surface area contributed by atoms with E-state index in [2.05, 4.69) is 24.1 Å². The molecule has 7 rings (SSSR count). The van der Waals surface area contributed by atoms with Crippen LogP contribution in [-0.2, 0) is 26.7 Å². The van der Waals surface area contributed by atoms with Crippen LogP contribution in [0.25, 0.3) is 0 Å². The third kappa shape index (κ3) is 3.30. The number of fused-ring (bicyclic) bond motifs is 2. The molecule has 0 radical (unpaired) electrons. The maximum atomic E-state index is 11.9. The van der Waals surface area contributed by atoms with Crippen molar-refractivity contribution in [3.63, 3.8) is 0 Å². The summed E-state index contributed by atoms with van der Waals surface area (Å²) in [5, 5.41) is 10.6. The molecule has 37 heavy (non-hydrogen) atoms. The van der Waals surface area contributed by atoms with Crippen LogP contribution >= 0.6 is 0 Å². The molecule has 4 aliphatic carbocycles.